The van der Waals surface area contributed by atoms with Crippen molar-refractivity contribution in [1.29, 1.82) is 0 Å². The number of pyridine rings is 1. The number of hydrogen-bond donors (Lipinski definition) is 1. The molecular weight excluding hydrogens is 412 g/mol. The molecular formula is C23H26N4O3S. The molecule has 1 saturated carbocycles. The minimum Gasteiger partial charge on any atom is -0.471 e. The van der Waals surface area contributed by atoms with Crippen LogP contribution in [0.2, 0.25) is 0 Å². The molecule has 1 fully saturated rings. The van der Waals surface area contributed by atoms with Crippen molar-refractivity contribution >= 4 is 17.2 Å². The highest BCUT2D eigenvalue weighted by molar-refractivity contribution is 7.15. The topological polar surface area (TPSA) is 80.5 Å². The minimum atomic E-state index is -0.500. The fourth-order valence-corrected chi connectivity index (χ4v) is 5.57. The third-order valence-corrected chi connectivity index (χ3v) is 7.19. The third kappa shape index (κ3) is 3.85. The number of aliphatic hydroxyl groups excluding tert-OH is 1. The first-order chi connectivity index (χ1) is 15.0. The van der Waals surface area contributed by atoms with Crippen molar-refractivity contribution < 1.29 is 14.6 Å². The molecule has 1 amide bonds. The molecule has 162 valence electrons. The maximum atomic E-state index is 13.2. The number of fused-ring (bicyclic) bond motifs is 1. The van der Waals surface area contributed by atoms with E-state index in [4.69, 9.17) is 4.74 Å². The molecule has 0 aromatic carbocycles. The fraction of sp³-hybridized carbons (Fsp3) is 0.435. The molecule has 2 aliphatic rings. The maximum Gasteiger partial charge on any atom is 0.260 e. The summed E-state index contributed by atoms with van der Waals surface area (Å²) in [5.74, 6) is 0.296. The smallest absolute Gasteiger partial charge is 0.260 e. The first-order valence-corrected chi connectivity index (χ1v) is 11.5. The van der Waals surface area contributed by atoms with Gasteiger partial charge in [-0.2, -0.15) is 5.10 Å². The van der Waals surface area contributed by atoms with Crippen molar-refractivity contribution in [3.05, 3.63) is 52.3 Å². The van der Waals surface area contributed by atoms with E-state index in [1.807, 2.05) is 35.8 Å². The largest absolute Gasteiger partial charge is 0.471 e. The lowest BCUT2D eigenvalue weighted by Gasteiger charge is -2.28. The Kier molecular flexibility index (Phi) is 5.27. The van der Waals surface area contributed by atoms with Gasteiger partial charge in [-0.1, -0.05) is 6.42 Å². The molecule has 4 heterocycles. The van der Waals surface area contributed by atoms with Crippen LogP contribution in [0.3, 0.4) is 0 Å². The normalized spacial score (nSPS) is 20.9. The van der Waals surface area contributed by atoms with Gasteiger partial charge in [0.25, 0.3) is 5.91 Å². The Labute approximate surface area is 185 Å². The van der Waals surface area contributed by atoms with E-state index in [1.165, 1.54) is 0 Å². The molecule has 3 aromatic rings. The van der Waals surface area contributed by atoms with E-state index in [9.17, 15) is 9.90 Å². The second kappa shape index (κ2) is 8.09. The lowest BCUT2D eigenvalue weighted by Crippen LogP contribution is -2.35. The van der Waals surface area contributed by atoms with Crippen molar-refractivity contribution in [2.45, 2.75) is 57.9 Å². The van der Waals surface area contributed by atoms with Gasteiger partial charge < -0.3 is 14.7 Å². The number of carbonyl (C=O) groups is 1. The van der Waals surface area contributed by atoms with E-state index in [1.54, 1.807) is 17.5 Å². The van der Waals surface area contributed by atoms with Crippen LogP contribution >= 0.6 is 11.3 Å². The van der Waals surface area contributed by atoms with Gasteiger partial charge in [-0.3, -0.25) is 9.48 Å². The van der Waals surface area contributed by atoms with Crippen molar-refractivity contribution in [1.82, 2.24) is 19.7 Å². The van der Waals surface area contributed by atoms with E-state index < -0.39 is 6.10 Å². The monoisotopic (exact) mass is 438 g/mol. The van der Waals surface area contributed by atoms with E-state index >= 15 is 0 Å². The summed E-state index contributed by atoms with van der Waals surface area (Å²) in [6.07, 6.45) is 6.47. The van der Waals surface area contributed by atoms with E-state index in [0.717, 1.165) is 52.3 Å². The molecule has 1 aliphatic carbocycles. The van der Waals surface area contributed by atoms with Gasteiger partial charge in [0, 0.05) is 41.3 Å². The molecule has 0 radical (unpaired) electrons. The Balaban J connectivity index is 1.33. The number of ether oxygens (including phenoxy) is 1. The molecule has 0 saturated heterocycles. The molecule has 1 aliphatic heterocycles. The molecule has 7 nitrogen and oxygen atoms in total. The van der Waals surface area contributed by atoms with Gasteiger partial charge in [-0.05, 0) is 49.9 Å². The van der Waals surface area contributed by atoms with E-state index in [0.29, 0.717) is 24.5 Å². The molecule has 8 heteroatoms. The molecule has 0 spiro atoms. The molecule has 2 atom stereocenters. The summed E-state index contributed by atoms with van der Waals surface area (Å²) in [5, 5.41) is 14.7. The number of aryl methyl sites for hydroxylation is 2. The van der Waals surface area contributed by atoms with Crippen molar-refractivity contribution in [2.24, 2.45) is 7.05 Å². The van der Waals surface area contributed by atoms with Gasteiger partial charge in [-0.25, -0.2) is 4.98 Å². The second-order valence-electron chi connectivity index (χ2n) is 8.39. The quantitative estimate of drug-likeness (QED) is 0.657. The summed E-state index contributed by atoms with van der Waals surface area (Å²) in [5.41, 5.74) is 3.60. The number of carbonyl (C=O) groups excluding carboxylic acids is 1. The maximum absolute atomic E-state index is 13.2. The summed E-state index contributed by atoms with van der Waals surface area (Å²) >= 11 is 1.69. The van der Waals surface area contributed by atoms with Crippen LogP contribution in [-0.4, -0.2) is 42.9 Å². The lowest BCUT2D eigenvalue weighted by molar-refractivity contribution is 0.00397. The zero-order valence-electron chi connectivity index (χ0n) is 17.7. The van der Waals surface area contributed by atoms with Crippen LogP contribution in [0.4, 0.5) is 0 Å². The molecule has 1 N–H and O–H groups in total. The van der Waals surface area contributed by atoms with Crippen LogP contribution in [0.25, 0.3) is 10.4 Å². The van der Waals surface area contributed by atoms with Crippen LogP contribution in [-0.2, 0) is 20.1 Å². The number of aromatic nitrogens is 3. The highest BCUT2D eigenvalue weighted by atomic mass is 32.1. The lowest BCUT2D eigenvalue weighted by atomic mass is 9.95. The van der Waals surface area contributed by atoms with Gasteiger partial charge in [0.15, 0.2) is 0 Å². The first-order valence-electron chi connectivity index (χ1n) is 10.7. The third-order valence-electron chi connectivity index (χ3n) is 6.08. The zero-order valence-corrected chi connectivity index (χ0v) is 18.6. The standard InChI is InChI=1S/C23H26N4O3S/c1-14-17(13-26(2)25-14)20-8-7-16(31-20)12-27-11-15-9-10-24-22(21(15)23(27)29)30-19-6-4-3-5-18(19)28/h7-10,13,18-19,28H,3-6,11-12H2,1-2H3/t18-,19-/m1/s1. The van der Waals surface area contributed by atoms with Crippen LogP contribution in [0.15, 0.2) is 30.6 Å². The molecule has 5 rings (SSSR count). The Morgan fingerprint density at radius 2 is 2.10 bits per heavy atom. The summed E-state index contributed by atoms with van der Waals surface area (Å²) in [6.45, 7) is 3.09. The fourth-order valence-electron chi connectivity index (χ4n) is 4.49. The molecule has 31 heavy (non-hydrogen) atoms. The highest BCUT2D eigenvalue weighted by Crippen LogP contribution is 2.35. The average molecular weight is 439 g/mol. The van der Waals surface area contributed by atoms with Crippen LogP contribution in [0.5, 0.6) is 5.88 Å². The molecule has 3 aromatic heterocycles. The average Bonchev–Trinajstić information content (AvgIpc) is 3.42. The number of rotatable bonds is 5. The number of amides is 1. The van der Waals surface area contributed by atoms with Crippen molar-refractivity contribution in [3.63, 3.8) is 0 Å². The predicted octanol–water partition coefficient (Wildman–Crippen LogP) is 3.69. The van der Waals surface area contributed by atoms with Gasteiger partial charge in [0.1, 0.15) is 11.7 Å². The zero-order chi connectivity index (χ0) is 21.5. The van der Waals surface area contributed by atoms with E-state index in [2.05, 4.69) is 22.2 Å². The molecule has 0 unspecified atom stereocenters. The van der Waals surface area contributed by atoms with Crippen LogP contribution in [0.1, 0.15) is 52.2 Å². The van der Waals surface area contributed by atoms with Crippen LogP contribution in [0, 0.1) is 6.92 Å². The molecule has 0 bridgehead atoms. The minimum absolute atomic E-state index is 0.0593. The highest BCUT2D eigenvalue weighted by Gasteiger charge is 2.34. The van der Waals surface area contributed by atoms with E-state index in [-0.39, 0.29) is 12.0 Å². The Morgan fingerprint density at radius 1 is 1.26 bits per heavy atom. The summed E-state index contributed by atoms with van der Waals surface area (Å²) < 4.78 is 7.86. The Hall–Kier alpha value is -2.71. The van der Waals surface area contributed by atoms with Gasteiger partial charge in [0.05, 0.1) is 18.3 Å². The Bertz CT molecular complexity index is 1120. The first kappa shape index (κ1) is 20.2. The SMILES string of the molecule is Cc1nn(C)cc1-c1ccc(CN2Cc3ccnc(O[C@@H]4CCCC[C@H]4O)c3C2=O)s1. The summed E-state index contributed by atoms with van der Waals surface area (Å²) in [6, 6.07) is 6.06. The Morgan fingerprint density at radius 3 is 2.87 bits per heavy atom. The number of hydrogen-bond acceptors (Lipinski definition) is 6. The van der Waals surface area contributed by atoms with Crippen LogP contribution < -0.4 is 4.74 Å². The summed E-state index contributed by atoms with van der Waals surface area (Å²) in [4.78, 5) is 21.7. The predicted molar refractivity (Wildman–Crippen MR) is 118 cm³/mol. The number of aliphatic hydroxyl groups is 1. The number of nitrogens with zero attached hydrogens (tertiary/aromatic N) is 4. The van der Waals surface area contributed by atoms with Gasteiger partial charge >= 0.3 is 0 Å². The number of thiophene rings is 1. The van der Waals surface area contributed by atoms with Gasteiger partial charge in [0.2, 0.25) is 5.88 Å². The van der Waals surface area contributed by atoms with Crippen molar-refractivity contribution in [3.8, 4) is 16.3 Å². The van der Waals surface area contributed by atoms with Crippen molar-refractivity contribution in [2.75, 3.05) is 0 Å². The van der Waals surface area contributed by atoms with Gasteiger partial charge in [-0.15, -0.1) is 11.3 Å². The second-order valence-corrected chi connectivity index (χ2v) is 9.56. The summed E-state index contributed by atoms with van der Waals surface area (Å²) in [7, 11) is 1.92.